The van der Waals surface area contributed by atoms with Crippen LogP contribution in [0.1, 0.15) is 47.7 Å². The van der Waals surface area contributed by atoms with E-state index in [9.17, 15) is 4.79 Å². The van der Waals surface area contributed by atoms with Crippen LogP contribution in [0.5, 0.6) is 0 Å². The number of anilines is 2. The Hall–Kier alpha value is -2.61. The van der Waals surface area contributed by atoms with Crippen LogP contribution in [0.25, 0.3) is 0 Å². The number of halogens is 1. The van der Waals surface area contributed by atoms with Gasteiger partial charge in [-0.1, -0.05) is 25.4 Å². The summed E-state index contributed by atoms with van der Waals surface area (Å²) in [6.07, 6.45) is 2.83. The summed E-state index contributed by atoms with van der Waals surface area (Å²) in [5.41, 5.74) is 18.1. The van der Waals surface area contributed by atoms with Crippen LogP contribution in [0.4, 0.5) is 11.8 Å². The molecule has 0 fully saturated rings. The predicted octanol–water partition coefficient (Wildman–Crippen LogP) is 3.58. The fourth-order valence-corrected chi connectivity index (χ4v) is 4.26. The highest BCUT2D eigenvalue weighted by molar-refractivity contribution is 6.30. The lowest BCUT2D eigenvalue weighted by molar-refractivity contribution is -0.122. The third kappa shape index (κ3) is 3.44. The fourth-order valence-electron chi connectivity index (χ4n) is 3.95. The largest absolute Gasteiger partial charge is 0.368 e. The van der Waals surface area contributed by atoms with Gasteiger partial charge in [0.25, 0.3) is 5.91 Å². The number of nitrogen functional groups attached to an aromatic ring is 1. The molecule has 3 N–H and O–H groups in total. The molecule has 1 aliphatic rings. The summed E-state index contributed by atoms with van der Waals surface area (Å²) < 4.78 is 0. The van der Waals surface area contributed by atoms with E-state index in [4.69, 9.17) is 22.9 Å². The van der Waals surface area contributed by atoms with Gasteiger partial charge >= 0.3 is 0 Å². The third-order valence-corrected chi connectivity index (χ3v) is 5.84. The summed E-state index contributed by atoms with van der Waals surface area (Å²) in [5.74, 6) is -0.567. The first kappa shape index (κ1) is 20.1. The summed E-state index contributed by atoms with van der Waals surface area (Å²) in [5, 5.41) is 3.32. The molecule has 3 rings (SSSR count). The van der Waals surface area contributed by atoms with Gasteiger partial charge in [-0.05, 0) is 37.0 Å². The molecule has 8 nitrogen and oxygen atoms in total. The lowest BCUT2D eigenvalue weighted by atomic mass is 9.90. The first-order valence-electron chi connectivity index (χ1n) is 9.21. The second-order valence-corrected chi connectivity index (χ2v) is 7.54. The number of nitrogens with two attached hydrogens (primary N) is 1. The Kier molecular flexibility index (Phi) is 5.60. The van der Waals surface area contributed by atoms with Crippen molar-refractivity contribution < 1.29 is 4.79 Å². The van der Waals surface area contributed by atoms with E-state index in [2.05, 4.69) is 40.8 Å². The molecule has 28 heavy (non-hydrogen) atoms. The van der Waals surface area contributed by atoms with Crippen LogP contribution in [0.3, 0.4) is 0 Å². The van der Waals surface area contributed by atoms with Crippen molar-refractivity contribution in [2.75, 3.05) is 17.2 Å². The van der Waals surface area contributed by atoms with Crippen molar-refractivity contribution in [3.8, 4) is 0 Å². The van der Waals surface area contributed by atoms with Gasteiger partial charge in [-0.3, -0.25) is 9.78 Å². The lowest BCUT2D eigenvalue weighted by Crippen LogP contribution is -2.27. The Morgan fingerprint density at radius 1 is 1.46 bits per heavy atom. The Morgan fingerprint density at radius 3 is 2.82 bits per heavy atom. The SMILES string of the molecule is CCc1c(C)cnc(CN2CC(C(C)C(=O)N=N)c3c(Cl)nc(N)nc32)c1C. The van der Waals surface area contributed by atoms with E-state index >= 15 is 0 Å². The first-order chi connectivity index (χ1) is 13.3. The van der Waals surface area contributed by atoms with Gasteiger partial charge in [-0.15, -0.1) is 5.11 Å². The maximum absolute atomic E-state index is 12.0. The van der Waals surface area contributed by atoms with Crippen LogP contribution < -0.4 is 10.6 Å². The molecule has 1 aliphatic heterocycles. The van der Waals surface area contributed by atoms with E-state index in [0.717, 1.165) is 17.7 Å². The molecule has 0 aromatic carbocycles. The zero-order chi connectivity index (χ0) is 20.6. The molecule has 1 amide bonds. The average Bonchev–Trinajstić information content (AvgIpc) is 3.01. The van der Waals surface area contributed by atoms with Crippen LogP contribution in [0, 0.1) is 25.3 Å². The Morgan fingerprint density at radius 2 is 2.18 bits per heavy atom. The summed E-state index contributed by atoms with van der Waals surface area (Å²) in [7, 11) is 0. The number of rotatable bonds is 5. The number of aromatic nitrogens is 3. The van der Waals surface area contributed by atoms with E-state index in [1.165, 1.54) is 11.1 Å². The van der Waals surface area contributed by atoms with Gasteiger partial charge in [-0.25, -0.2) is 10.5 Å². The first-order valence-corrected chi connectivity index (χ1v) is 9.59. The lowest BCUT2D eigenvalue weighted by Gasteiger charge is -2.22. The van der Waals surface area contributed by atoms with E-state index < -0.39 is 11.8 Å². The van der Waals surface area contributed by atoms with Crippen molar-refractivity contribution in [1.29, 1.82) is 5.53 Å². The Bertz CT molecular complexity index is 946. The molecule has 0 aliphatic carbocycles. The fraction of sp³-hybridized carbons (Fsp3) is 0.474. The maximum atomic E-state index is 12.0. The number of aryl methyl sites for hydroxylation is 1. The highest BCUT2D eigenvalue weighted by atomic mass is 35.5. The third-order valence-electron chi connectivity index (χ3n) is 5.56. The quantitative estimate of drug-likeness (QED) is 0.583. The van der Waals surface area contributed by atoms with Crippen LogP contribution in [0.2, 0.25) is 5.15 Å². The molecule has 2 aromatic rings. The van der Waals surface area contributed by atoms with Crippen LogP contribution in [-0.2, 0) is 17.8 Å². The molecule has 0 bridgehead atoms. The summed E-state index contributed by atoms with van der Waals surface area (Å²) in [6, 6.07) is 0. The molecule has 0 saturated heterocycles. The van der Waals surface area contributed by atoms with E-state index in [0.29, 0.717) is 24.5 Å². The smallest absolute Gasteiger partial charge is 0.267 e. The number of amides is 1. The number of nitrogens with zero attached hydrogens (tertiary/aromatic N) is 5. The monoisotopic (exact) mass is 401 g/mol. The minimum absolute atomic E-state index is 0.0846. The number of nitrogens with one attached hydrogen (secondary N) is 1. The molecule has 0 radical (unpaired) electrons. The van der Waals surface area contributed by atoms with Crippen LogP contribution in [-0.4, -0.2) is 27.4 Å². The van der Waals surface area contributed by atoms with E-state index in [1.54, 1.807) is 6.92 Å². The molecule has 2 aromatic heterocycles. The number of pyridine rings is 1. The van der Waals surface area contributed by atoms with Crippen molar-refractivity contribution in [2.45, 2.75) is 46.6 Å². The average molecular weight is 402 g/mol. The number of carbonyl (C=O) groups excluding carboxylic acids is 1. The van der Waals surface area contributed by atoms with Gasteiger partial charge in [0.05, 0.1) is 12.2 Å². The molecule has 3 heterocycles. The number of carbonyl (C=O) groups is 1. The second kappa shape index (κ2) is 7.79. The van der Waals surface area contributed by atoms with Gasteiger partial charge in [-0.2, -0.15) is 4.98 Å². The van der Waals surface area contributed by atoms with Crippen molar-refractivity contribution in [1.82, 2.24) is 15.0 Å². The molecule has 2 atom stereocenters. The number of hydrogen-bond acceptors (Lipinski definition) is 7. The van der Waals surface area contributed by atoms with Gasteiger partial charge in [0.15, 0.2) is 0 Å². The molecule has 0 spiro atoms. The zero-order valence-corrected chi connectivity index (χ0v) is 17.2. The van der Waals surface area contributed by atoms with Gasteiger partial charge < -0.3 is 10.6 Å². The zero-order valence-electron chi connectivity index (χ0n) is 16.5. The minimum atomic E-state index is -0.510. The number of fused-ring (bicyclic) bond motifs is 1. The highest BCUT2D eigenvalue weighted by Gasteiger charge is 2.39. The summed E-state index contributed by atoms with van der Waals surface area (Å²) in [4.78, 5) is 27.1. The normalized spacial score (nSPS) is 16.8. The van der Waals surface area contributed by atoms with Crippen molar-refractivity contribution in [3.05, 3.63) is 39.3 Å². The highest BCUT2D eigenvalue weighted by Crippen LogP contribution is 2.43. The summed E-state index contributed by atoms with van der Waals surface area (Å²) >= 11 is 6.37. The maximum Gasteiger partial charge on any atom is 0.267 e. The predicted molar refractivity (Wildman–Crippen MR) is 108 cm³/mol. The molecular weight excluding hydrogens is 378 g/mol. The number of hydrogen-bond donors (Lipinski definition) is 2. The van der Waals surface area contributed by atoms with Gasteiger partial charge in [0.1, 0.15) is 11.0 Å². The Balaban J connectivity index is 2.03. The Labute approximate surface area is 169 Å². The van der Waals surface area contributed by atoms with E-state index in [-0.39, 0.29) is 17.0 Å². The van der Waals surface area contributed by atoms with E-state index in [1.807, 2.05) is 11.1 Å². The van der Waals surface area contributed by atoms with Crippen LogP contribution in [0.15, 0.2) is 11.3 Å². The molecule has 0 saturated carbocycles. The van der Waals surface area contributed by atoms with Crippen molar-refractivity contribution >= 4 is 29.3 Å². The standard InChI is InChI=1S/C19H24ClN7O/c1-5-12-9(2)6-23-14(10(12)3)8-27-7-13(11(4)18(28)26-22)15-16(20)24-19(21)25-17(15)27/h6,11,13,22H,5,7-8H2,1-4H3,(H2,21,24,25). The molecular formula is C19H24ClN7O. The van der Waals surface area contributed by atoms with Gasteiger partial charge in [0.2, 0.25) is 5.95 Å². The van der Waals surface area contributed by atoms with Gasteiger partial charge in [0, 0.05) is 30.1 Å². The molecule has 2 unspecified atom stereocenters. The molecule has 148 valence electrons. The molecule has 9 heteroatoms. The minimum Gasteiger partial charge on any atom is -0.368 e. The topological polar surface area (TPSA) is 121 Å². The van der Waals surface area contributed by atoms with Crippen molar-refractivity contribution in [2.24, 2.45) is 11.0 Å². The summed E-state index contributed by atoms with van der Waals surface area (Å²) in [6.45, 7) is 9.05. The van der Waals surface area contributed by atoms with Crippen molar-refractivity contribution in [3.63, 3.8) is 0 Å². The second-order valence-electron chi connectivity index (χ2n) is 7.18. The van der Waals surface area contributed by atoms with Crippen LogP contribution >= 0.6 is 11.6 Å².